The van der Waals surface area contributed by atoms with Gasteiger partial charge in [-0.3, -0.25) is 0 Å². The fourth-order valence-corrected chi connectivity index (χ4v) is 5.23. The number of rotatable bonds is 1. The van der Waals surface area contributed by atoms with Gasteiger partial charge >= 0.3 is 0 Å². The summed E-state index contributed by atoms with van der Waals surface area (Å²) in [6, 6.07) is 12.0. The highest BCUT2D eigenvalue weighted by Gasteiger charge is 2.23. The normalized spacial score (nSPS) is 19.0. The highest BCUT2D eigenvalue weighted by molar-refractivity contribution is 6.31. The van der Waals surface area contributed by atoms with Crippen LogP contribution in [-0.4, -0.2) is 21.4 Å². The van der Waals surface area contributed by atoms with E-state index >= 15 is 0 Å². The van der Waals surface area contributed by atoms with Gasteiger partial charge in [0, 0.05) is 31.9 Å². The number of benzene rings is 2. The van der Waals surface area contributed by atoms with Crippen molar-refractivity contribution in [2.75, 3.05) is 0 Å². The lowest BCUT2D eigenvalue weighted by atomic mass is 9.94. The van der Waals surface area contributed by atoms with Crippen LogP contribution in [0.2, 0.25) is 10.0 Å². The average molecular weight is 435 g/mol. The van der Waals surface area contributed by atoms with Gasteiger partial charge in [0.15, 0.2) is 0 Å². The summed E-state index contributed by atoms with van der Waals surface area (Å²) in [6.45, 7) is 0. The molecule has 2 aliphatic rings. The Morgan fingerprint density at radius 3 is 1.57 bits per heavy atom. The number of nitrogens with one attached hydrogen (secondary N) is 2. The monoisotopic (exact) mass is 434 g/mol. The minimum absolute atomic E-state index is 0.766. The summed E-state index contributed by atoms with van der Waals surface area (Å²) in [5.74, 6) is 0. The van der Waals surface area contributed by atoms with Crippen LogP contribution in [0.5, 0.6) is 0 Å². The molecule has 0 atom stereocenters. The molecule has 0 bridgehead atoms. The molecule has 4 nitrogen and oxygen atoms in total. The van der Waals surface area contributed by atoms with Crippen LogP contribution < -0.4 is 0 Å². The number of hydrogen-bond acceptors (Lipinski definition) is 2. The zero-order valence-corrected chi connectivity index (χ0v) is 17.9. The lowest BCUT2D eigenvalue weighted by molar-refractivity contribution is 0.827. The number of fused-ring (bicyclic) bond motifs is 6. The van der Waals surface area contributed by atoms with E-state index in [0.717, 1.165) is 82.4 Å². The molecule has 0 radical (unpaired) electrons. The molecule has 0 amide bonds. The Labute approximate surface area is 184 Å². The van der Waals surface area contributed by atoms with Crippen LogP contribution in [0.1, 0.15) is 48.2 Å². The predicted octanol–water partition coefficient (Wildman–Crippen LogP) is 6.82. The molecular formula is C24H20Cl2N4. The molecule has 0 unspecified atom stereocenters. The summed E-state index contributed by atoms with van der Waals surface area (Å²) < 4.78 is 0. The van der Waals surface area contributed by atoms with Crippen LogP contribution in [0.3, 0.4) is 0 Å². The van der Waals surface area contributed by atoms with Gasteiger partial charge in [0.25, 0.3) is 0 Å². The van der Waals surface area contributed by atoms with E-state index in [1.165, 1.54) is 21.9 Å². The van der Waals surface area contributed by atoms with Gasteiger partial charge in [0.2, 0.25) is 0 Å². The Hall–Kier alpha value is -2.56. The molecular weight excluding hydrogens is 415 g/mol. The van der Waals surface area contributed by atoms with Crippen LogP contribution in [0.25, 0.3) is 21.8 Å². The first-order valence-electron chi connectivity index (χ1n) is 10.4. The van der Waals surface area contributed by atoms with Crippen LogP contribution in [-0.2, 0) is 12.8 Å². The summed E-state index contributed by atoms with van der Waals surface area (Å²) in [5.41, 5.74) is 9.12. The number of nitrogens with zero attached hydrogens (tertiary/aromatic N) is 2. The van der Waals surface area contributed by atoms with Crippen molar-refractivity contribution in [1.29, 1.82) is 0 Å². The smallest absolute Gasteiger partial charge is 0.0868 e. The molecule has 0 fully saturated rings. The molecule has 0 aliphatic heterocycles. The molecule has 2 N–H and O–H groups in total. The van der Waals surface area contributed by atoms with E-state index < -0.39 is 0 Å². The highest BCUT2D eigenvalue weighted by atomic mass is 35.5. The maximum absolute atomic E-state index is 6.23. The van der Waals surface area contributed by atoms with Crippen molar-refractivity contribution >= 4 is 56.4 Å². The molecule has 0 spiro atoms. The Morgan fingerprint density at radius 1 is 0.633 bits per heavy atom. The minimum Gasteiger partial charge on any atom is -0.353 e. The van der Waals surface area contributed by atoms with Crippen molar-refractivity contribution in [2.45, 2.75) is 38.5 Å². The van der Waals surface area contributed by atoms with Crippen molar-refractivity contribution in [3.63, 3.8) is 0 Å². The summed E-state index contributed by atoms with van der Waals surface area (Å²) >= 11 is 12.5. The van der Waals surface area contributed by atoms with Crippen LogP contribution in [0.15, 0.2) is 46.6 Å². The van der Waals surface area contributed by atoms with Crippen LogP contribution in [0, 0.1) is 0 Å². The second-order valence-electron chi connectivity index (χ2n) is 8.14. The molecule has 30 heavy (non-hydrogen) atoms. The highest BCUT2D eigenvalue weighted by Crippen LogP contribution is 2.33. The fraction of sp³-hybridized carbons (Fsp3) is 0.250. The van der Waals surface area contributed by atoms with Crippen molar-refractivity contribution < 1.29 is 0 Å². The molecule has 6 heteroatoms. The van der Waals surface area contributed by atoms with Gasteiger partial charge in [0.1, 0.15) is 0 Å². The molecule has 2 aliphatic carbocycles. The number of halogens is 2. The summed E-state index contributed by atoms with van der Waals surface area (Å²) in [4.78, 5) is 7.09. The first kappa shape index (κ1) is 18.2. The van der Waals surface area contributed by atoms with E-state index in [-0.39, 0.29) is 0 Å². The fourth-order valence-electron chi connectivity index (χ4n) is 4.89. The van der Waals surface area contributed by atoms with Gasteiger partial charge in [-0.05, 0) is 86.1 Å². The number of aromatic amines is 2. The van der Waals surface area contributed by atoms with Crippen molar-refractivity contribution in [2.24, 2.45) is 10.2 Å². The van der Waals surface area contributed by atoms with Gasteiger partial charge in [-0.2, -0.15) is 10.2 Å². The quantitative estimate of drug-likeness (QED) is 0.308. The molecule has 2 heterocycles. The van der Waals surface area contributed by atoms with Gasteiger partial charge in [-0.1, -0.05) is 23.2 Å². The molecule has 2 aromatic carbocycles. The summed E-state index contributed by atoms with van der Waals surface area (Å²) in [5, 5.41) is 13.4. The molecule has 4 aromatic rings. The largest absolute Gasteiger partial charge is 0.353 e. The van der Waals surface area contributed by atoms with E-state index in [1.54, 1.807) is 0 Å². The van der Waals surface area contributed by atoms with Crippen molar-refractivity contribution in [3.05, 3.63) is 69.0 Å². The molecule has 0 saturated carbocycles. The van der Waals surface area contributed by atoms with Gasteiger partial charge in [0.05, 0.1) is 22.8 Å². The zero-order valence-electron chi connectivity index (χ0n) is 16.4. The van der Waals surface area contributed by atoms with E-state index in [1.807, 2.05) is 36.4 Å². The van der Waals surface area contributed by atoms with E-state index in [4.69, 9.17) is 33.4 Å². The van der Waals surface area contributed by atoms with Crippen molar-refractivity contribution in [3.8, 4) is 0 Å². The number of aryl methyl sites for hydroxylation is 2. The van der Waals surface area contributed by atoms with Gasteiger partial charge in [-0.25, -0.2) is 0 Å². The van der Waals surface area contributed by atoms with E-state index in [2.05, 4.69) is 9.97 Å². The van der Waals surface area contributed by atoms with Crippen LogP contribution in [0.4, 0.5) is 0 Å². The zero-order chi connectivity index (χ0) is 20.2. The lowest BCUT2D eigenvalue weighted by Crippen LogP contribution is -2.13. The molecule has 150 valence electrons. The van der Waals surface area contributed by atoms with Crippen LogP contribution >= 0.6 is 23.2 Å². The van der Waals surface area contributed by atoms with E-state index in [0.29, 0.717) is 0 Å². The average Bonchev–Trinajstić information content (AvgIpc) is 3.31. The second-order valence-corrected chi connectivity index (χ2v) is 9.01. The Morgan fingerprint density at radius 2 is 1.10 bits per heavy atom. The number of aromatic nitrogens is 2. The third kappa shape index (κ3) is 2.90. The minimum atomic E-state index is 0.766. The number of H-pyrrole nitrogens is 2. The lowest BCUT2D eigenvalue weighted by Gasteiger charge is -2.15. The predicted molar refractivity (Wildman–Crippen MR) is 126 cm³/mol. The summed E-state index contributed by atoms with van der Waals surface area (Å²) in [6.07, 6.45) is 6.09. The number of hydrogen-bond donors (Lipinski definition) is 2. The third-order valence-electron chi connectivity index (χ3n) is 6.29. The summed E-state index contributed by atoms with van der Waals surface area (Å²) in [7, 11) is 0. The second kappa shape index (κ2) is 7.00. The first-order chi connectivity index (χ1) is 14.7. The maximum atomic E-state index is 6.23. The third-order valence-corrected chi connectivity index (χ3v) is 6.76. The SMILES string of the molecule is Clc1ccc2[nH]c3c(c2c1)CCCC3=NN=C1CCCc2c1[nH]c1ccc(Cl)cc21. The topological polar surface area (TPSA) is 56.3 Å². The Kier molecular flexibility index (Phi) is 4.25. The Bertz CT molecular complexity index is 1270. The first-order valence-corrected chi connectivity index (χ1v) is 11.2. The molecule has 6 rings (SSSR count). The Balaban J connectivity index is 1.44. The maximum Gasteiger partial charge on any atom is 0.0868 e. The van der Waals surface area contributed by atoms with Gasteiger partial charge < -0.3 is 9.97 Å². The molecule has 2 aromatic heterocycles. The standard InChI is InChI=1S/C24H20Cl2N4/c25-13-7-9-19-17(11-13)15-3-1-5-21(23(15)27-19)29-30-22-6-2-4-16-18-12-14(26)8-10-20(18)28-24(16)22/h7-12,27-28H,1-6H2. The molecule has 0 saturated heterocycles. The van der Waals surface area contributed by atoms with Gasteiger partial charge in [-0.15, -0.1) is 0 Å². The van der Waals surface area contributed by atoms with Crippen molar-refractivity contribution in [1.82, 2.24) is 9.97 Å². The van der Waals surface area contributed by atoms with E-state index in [9.17, 15) is 0 Å².